The van der Waals surface area contributed by atoms with Crippen molar-refractivity contribution in [3.05, 3.63) is 48.0 Å². The fourth-order valence-corrected chi connectivity index (χ4v) is 2.87. The van der Waals surface area contributed by atoms with Crippen LogP contribution in [-0.2, 0) is 11.3 Å². The van der Waals surface area contributed by atoms with Gasteiger partial charge in [-0.2, -0.15) is 0 Å². The van der Waals surface area contributed by atoms with Crippen molar-refractivity contribution in [2.24, 2.45) is 0 Å². The molecule has 4 nitrogen and oxygen atoms in total. The average Bonchev–Trinajstić information content (AvgIpc) is 3.22. The largest absolute Gasteiger partial charge is 0.376 e. The molecule has 1 N–H and O–H groups in total. The third-order valence-corrected chi connectivity index (χ3v) is 4.16. The molecule has 1 amide bonds. The highest BCUT2D eigenvalue weighted by Gasteiger charge is 2.18. The van der Waals surface area contributed by atoms with Gasteiger partial charge in [0.25, 0.3) is 5.91 Å². The van der Waals surface area contributed by atoms with Crippen molar-refractivity contribution in [2.45, 2.75) is 32.4 Å². The van der Waals surface area contributed by atoms with Crippen molar-refractivity contribution in [3.8, 4) is 11.1 Å². The second kappa shape index (κ2) is 6.96. The van der Waals surface area contributed by atoms with Gasteiger partial charge in [-0.15, -0.1) is 0 Å². The summed E-state index contributed by atoms with van der Waals surface area (Å²) in [5, 5.41) is 2.94. The van der Waals surface area contributed by atoms with Crippen LogP contribution in [0.5, 0.6) is 0 Å². The van der Waals surface area contributed by atoms with E-state index in [0.717, 1.165) is 30.6 Å². The molecule has 0 spiro atoms. The van der Waals surface area contributed by atoms with Gasteiger partial charge in [-0.05, 0) is 43.5 Å². The minimum absolute atomic E-state index is 0.101. The molecule has 1 atom stereocenters. The Kier molecular flexibility index (Phi) is 4.76. The van der Waals surface area contributed by atoms with Crippen LogP contribution in [0.25, 0.3) is 11.1 Å². The summed E-state index contributed by atoms with van der Waals surface area (Å²) in [6, 6.07) is 8.14. The third-order valence-electron chi connectivity index (χ3n) is 4.16. The third kappa shape index (κ3) is 3.62. The minimum atomic E-state index is -0.266. The first-order valence-corrected chi connectivity index (χ1v) is 8.03. The summed E-state index contributed by atoms with van der Waals surface area (Å²) >= 11 is 0. The Balaban J connectivity index is 1.75. The molecule has 5 heteroatoms. The van der Waals surface area contributed by atoms with Crippen LogP contribution in [0.2, 0.25) is 0 Å². The first-order chi connectivity index (χ1) is 11.2. The van der Waals surface area contributed by atoms with Gasteiger partial charge in [0, 0.05) is 31.5 Å². The first-order valence-electron chi connectivity index (χ1n) is 8.03. The molecule has 1 aliphatic heterocycles. The number of rotatable bonds is 5. The Bertz CT molecular complexity index is 673. The van der Waals surface area contributed by atoms with Crippen molar-refractivity contribution in [1.29, 1.82) is 0 Å². The summed E-state index contributed by atoms with van der Waals surface area (Å²) < 4.78 is 20.5. The summed E-state index contributed by atoms with van der Waals surface area (Å²) in [5.74, 6) is -0.367. The van der Waals surface area contributed by atoms with Gasteiger partial charge in [-0.1, -0.05) is 12.1 Å². The topological polar surface area (TPSA) is 43.3 Å². The number of nitrogens with one attached hydrogen (secondary N) is 1. The summed E-state index contributed by atoms with van der Waals surface area (Å²) in [6.07, 6.45) is 4.10. The van der Waals surface area contributed by atoms with E-state index in [1.807, 2.05) is 23.8 Å². The molecule has 2 aromatic rings. The van der Waals surface area contributed by atoms with E-state index in [1.54, 1.807) is 12.1 Å². The highest BCUT2D eigenvalue weighted by atomic mass is 19.1. The molecule has 1 aromatic carbocycles. The lowest BCUT2D eigenvalue weighted by atomic mass is 10.1. The Morgan fingerprint density at radius 2 is 2.13 bits per heavy atom. The average molecular weight is 316 g/mol. The summed E-state index contributed by atoms with van der Waals surface area (Å²) in [7, 11) is 0. The van der Waals surface area contributed by atoms with Crippen molar-refractivity contribution in [1.82, 2.24) is 9.88 Å². The number of benzene rings is 1. The van der Waals surface area contributed by atoms with Crippen molar-refractivity contribution < 1.29 is 13.9 Å². The van der Waals surface area contributed by atoms with Gasteiger partial charge in [-0.25, -0.2) is 4.39 Å². The lowest BCUT2D eigenvalue weighted by Crippen LogP contribution is -2.32. The number of halogens is 1. The van der Waals surface area contributed by atoms with Crippen molar-refractivity contribution in [3.63, 3.8) is 0 Å². The smallest absolute Gasteiger partial charge is 0.268 e. The predicted molar refractivity (Wildman–Crippen MR) is 86.8 cm³/mol. The molecule has 1 aliphatic rings. The standard InChI is InChI=1S/C18H21FN2O2/c1-2-21-12-14(13-5-7-15(19)8-6-13)10-17(21)18(22)20-11-16-4-3-9-23-16/h5-8,10,12,16H,2-4,9,11H2,1H3,(H,20,22)/t16-/m1/s1. The van der Waals surface area contributed by atoms with Crippen LogP contribution in [0, 0.1) is 5.82 Å². The van der Waals surface area contributed by atoms with Gasteiger partial charge in [0.1, 0.15) is 11.5 Å². The Morgan fingerprint density at radius 1 is 1.35 bits per heavy atom. The molecular formula is C18H21FN2O2. The van der Waals surface area contributed by atoms with Gasteiger partial charge in [0.15, 0.2) is 0 Å². The number of aryl methyl sites for hydroxylation is 1. The molecule has 0 unspecified atom stereocenters. The van der Waals surface area contributed by atoms with E-state index in [-0.39, 0.29) is 17.8 Å². The zero-order valence-corrected chi connectivity index (χ0v) is 13.2. The SMILES string of the molecule is CCn1cc(-c2ccc(F)cc2)cc1C(=O)NC[C@H]1CCCO1. The van der Waals surface area contributed by atoms with Crippen LogP contribution in [-0.4, -0.2) is 29.7 Å². The maximum Gasteiger partial charge on any atom is 0.268 e. The monoisotopic (exact) mass is 316 g/mol. The highest BCUT2D eigenvalue weighted by Crippen LogP contribution is 2.23. The number of ether oxygens (including phenoxy) is 1. The molecule has 122 valence electrons. The van der Waals surface area contributed by atoms with E-state index in [4.69, 9.17) is 4.74 Å². The zero-order chi connectivity index (χ0) is 16.2. The van der Waals surface area contributed by atoms with Gasteiger partial charge in [0.05, 0.1) is 6.10 Å². The van der Waals surface area contributed by atoms with Crippen LogP contribution < -0.4 is 5.32 Å². The maximum absolute atomic E-state index is 13.0. The van der Waals surface area contributed by atoms with Crippen LogP contribution in [0.3, 0.4) is 0 Å². The number of nitrogens with zero attached hydrogens (tertiary/aromatic N) is 1. The zero-order valence-electron chi connectivity index (χ0n) is 13.2. The molecule has 0 saturated carbocycles. The van der Waals surface area contributed by atoms with Crippen LogP contribution in [0.1, 0.15) is 30.3 Å². The van der Waals surface area contributed by atoms with Crippen LogP contribution in [0.4, 0.5) is 4.39 Å². The number of carbonyl (C=O) groups excluding carboxylic acids is 1. The number of carbonyl (C=O) groups is 1. The second-order valence-corrected chi connectivity index (χ2v) is 5.75. The fourth-order valence-electron chi connectivity index (χ4n) is 2.87. The van der Waals surface area contributed by atoms with Crippen LogP contribution >= 0.6 is 0 Å². The molecule has 1 fully saturated rings. The number of hydrogen-bond acceptors (Lipinski definition) is 2. The number of aromatic nitrogens is 1. The van der Waals surface area contributed by atoms with E-state index in [1.165, 1.54) is 12.1 Å². The molecular weight excluding hydrogens is 295 g/mol. The lowest BCUT2D eigenvalue weighted by Gasteiger charge is -2.11. The molecule has 0 bridgehead atoms. The summed E-state index contributed by atoms with van der Waals surface area (Å²) in [5.41, 5.74) is 2.42. The number of amides is 1. The van der Waals surface area contributed by atoms with Crippen molar-refractivity contribution >= 4 is 5.91 Å². The van der Waals surface area contributed by atoms with Gasteiger partial charge in [-0.3, -0.25) is 4.79 Å². The summed E-state index contributed by atoms with van der Waals surface area (Å²) in [6.45, 7) is 4.01. The van der Waals surface area contributed by atoms with Gasteiger partial charge in [0.2, 0.25) is 0 Å². The van der Waals surface area contributed by atoms with E-state index in [0.29, 0.717) is 18.8 Å². The molecule has 2 heterocycles. The quantitative estimate of drug-likeness (QED) is 0.920. The Morgan fingerprint density at radius 3 is 2.78 bits per heavy atom. The fraction of sp³-hybridized carbons (Fsp3) is 0.389. The molecule has 1 aromatic heterocycles. The molecule has 1 saturated heterocycles. The van der Waals surface area contributed by atoms with Crippen LogP contribution in [0.15, 0.2) is 36.5 Å². The molecule has 0 aliphatic carbocycles. The van der Waals surface area contributed by atoms with Crippen molar-refractivity contribution in [2.75, 3.05) is 13.2 Å². The van der Waals surface area contributed by atoms with E-state index in [9.17, 15) is 9.18 Å². The minimum Gasteiger partial charge on any atom is -0.376 e. The van der Waals surface area contributed by atoms with E-state index < -0.39 is 0 Å². The normalized spacial score (nSPS) is 17.4. The van der Waals surface area contributed by atoms with E-state index >= 15 is 0 Å². The second-order valence-electron chi connectivity index (χ2n) is 5.75. The Labute approximate surface area is 135 Å². The number of hydrogen-bond donors (Lipinski definition) is 1. The molecule has 23 heavy (non-hydrogen) atoms. The Hall–Kier alpha value is -2.14. The predicted octanol–water partition coefficient (Wildman–Crippen LogP) is 3.22. The first kappa shape index (κ1) is 15.7. The van der Waals surface area contributed by atoms with Gasteiger partial charge < -0.3 is 14.6 Å². The summed E-state index contributed by atoms with van der Waals surface area (Å²) in [4.78, 5) is 12.4. The molecule has 3 rings (SSSR count). The maximum atomic E-state index is 13.0. The lowest BCUT2D eigenvalue weighted by molar-refractivity contribution is 0.0850. The highest BCUT2D eigenvalue weighted by molar-refractivity contribution is 5.94. The van der Waals surface area contributed by atoms with E-state index in [2.05, 4.69) is 5.32 Å². The molecule has 0 radical (unpaired) electrons. The van der Waals surface area contributed by atoms with Gasteiger partial charge >= 0.3 is 0 Å².